The fraction of sp³-hybridized carbons (Fsp3) is 0.909. The fourth-order valence-electron chi connectivity index (χ4n) is 1.92. The van der Waals surface area contributed by atoms with Crippen molar-refractivity contribution in [1.82, 2.24) is 4.90 Å². The SMILES string of the molecule is CC(C)CC(N)C(=O)N1CCOCC1CO. The van der Waals surface area contributed by atoms with Crippen molar-refractivity contribution in [2.75, 3.05) is 26.4 Å². The number of nitrogens with two attached hydrogens (primary N) is 1. The van der Waals surface area contributed by atoms with Crippen LogP contribution in [0.3, 0.4) is 0 Å². The molecule has 1 rings (SSSR count). The second-order valence-corrected chi connectivity index (χ2v) is 4.68. The average molecular weight is 230 g/mol. The molecule has 1 heterocycles. The van der Waals surface area contributed by atoms with Gasteiger partial charge in [-0.15, -0.1) is 0 Å². The van der Waals surface area contributed by atoms with E-state index < -0.39 is 6.04 Å². The lowest BCUT2D eigenvalue weighted by atomic mass is 10.0. The zero-order valence-electron chi connectivity index (χ0n) is 10.1. The first-order valence-electron chi connectivity index (χ1n) is 5.81. The van der Waals surface area contributed by atoms with Crippen molar-refractivity contribution in [1.29, 1.82) is 0 Å². The monoisotopic (exact) mass is 230 g/mol. The maximum atomic E-state index is 12.0. The van der Waals surface area contributed by atoms with Crippen molar-refractivity contribution in [3.05, 3.63) is 0 Å². The first-order chi connectivity index (χ1) is 7.56. The molecule has 1 aliphatic heterocycles. The van der Waals surface area contributed by atoms with Crippen LogP contribution in [-0.4, -0.2) is 54.4 Å². The van der Waals surface area contributed by atoms with Crippen LogP contribution in [0.4, 0.5) is 0 Å². The molecule has 0 radical (unpaired) electrons. The Hall–Kier alpha value is -0.650. The average Bonchev–Trinajstić information content (AvgIpc) is 2.27. The molecule has 1 saturated heterocycles. The second-order valence-electron chi connectivity index (χ2n) is 4.68. The van der Waals surface area contributed by atoms with E-state index in [-0.39, 0.29) is 18.6 Å². The lowest BCUT2D eigenvalue weighted by Gasteiger charge is -2.36. The van der Waals surface area contributed by atoms with Crippen LogP contribution < -0.4 is 5.73 Å². The van der Waals surface area contributed by atoms with Gasteiger partial charge in [-0.05, 0) is 12.3 Å². The van der Waals surface area contributed by atoms with E-state index in [2.05, 4.69) is 0 Å². The van der Waals surface area contributed by atoms with Crippen LogP contribution in [0.15, 0.2) is 0 Å². The lowest BCUT2D eigenvalue weighted by Crippen LogP contribution is -2.55. The van der Waals surface area contributed by atoms with Crippen molar-refractivity contribution in [2.45, 2.75) is 32.4 Å². The van der Waals surface area contributed by atoms with E-state index >= 15 is 0 Å². The number of hydrogen-bond acceptors (Lipinski definition) is 4. The van der Waals surface area contributed by atoms with E-state index in [9.17, 15) is 4.79 Å². The Balaban J connectivity index is 2.56. The molecule has 1 aliphatic rings. The van der Waals surface area contributed by atoms with Gasteiger partial charge in [-0.25, -0.2) is 0 Å². The third-order valence-electron chi connectivity index (χ3n) is 2.76. The standard InChI is InChI=1S/C11H22N2O3/c1-8(2)5-10(12)11(15)13-3-4-16-7-9(13)6-14/h8-10,14H,3-7,12H2,1-2H3. The van der Waals surface area contributed by atoms with Crippen LogP contribution in [0, 0.1) is 5.92 Å². The quantitative estimate of drug-likeness (QED) is 0.688. The number of aliphatic hydroxyl groups excluding tert-OH is 1. The molecule has 5 heteroatoms. The van der Waals surface area contributed by atoms with E-state index in [0.29, 0.717) is 32.1 Å². The van der Waals surface area contributed by atoms with Crippen LogP contribution in [0.2, 0.25) is 0 Å². The second kappa shape index (κ2) is 6.18. The van der Waals surface area contributed by atoms with Gasteiger partial charge in [0.1, 0.15) is 0 Å². The van der Waals surface area contributed by atoms with E-state index in [1.54, 1.807) is 4.90 Å². The molecule has 94 valence electrons. The van der Waals surface area contributed by atoms with E-state index in [0.717, 1.165) is 0 Å². The minimum absolute atomic E-state index is 0.0693. The Labute approximate surface area is 96.6 Å². The number of carbonyl (C=O) groups is 1. The first-order valence-corrected chi connectivity index (χ1v) is 5.81. The van der Waals surface area contributed by atoms with E-state index in [4.69, 9.17) is 15.6 Å². The molecule has 0 aromatic heterocycles. The predicted octanol–water partition coefficient (Wildman–Crippen LogP) is -0.420. The third-order valence-corrected chi connectivity index (χ3v) is 2.76. The van der Waals surface area contributed by atoms with Crippen LogP contribution in [0.1, 0.15) is 20.3 Å². The highest BCUT2D eigenvalue weighted by Crippen LogP contribution is 2.11. The zero-order chi connectivity index (χ0) is 12.1. The molecule has 5 nitrogen and oxygen atoms in total. The van der Waals surface area contributed by atoms with Crippen molar-refractivity contribution in [3.63, 3.8) is 0 Å². The molecule has 0 aliphatic carbocycles. The van der Waals surface area contributed by atoms with Gasteiger partial charge >= 0.3 is 0 Å². The minimum Gasteiger partial charge on any atom is -0.394 e. The lowest BCUT2D eigenvalue weighted by molar-refractivity contribution is -0.143. The highest BCUT2D eigenvalue weighted by molar-refractivity contribution is 5.82. The number of morpholine rings is 1. The fourth-order valence-corrected chi connectivity index (χ4v) is 1.92. The summed E-state index contributed by atoms with van der Waals surface area (Å²) in [5, 5.41) is 9.16. The summed E-state index contributed by atoms with van der Waals surface area (Å²) in [6, 6.07) is -0.702. The summed E-state index contributed by atoms with van der Waals surface area (Å²) >= 11 is 0. The van der Waals surface area contributed by atoms with Gasteiger partial charge in [0.15, 0.2) is 0 Å². The molecular formula is C11H22N2O3. The van der Waals surface area contributed by atoms with Crippen molar-refractivity contribution in [2.24, 2.45) is 11.7 Å². The summed E-state index contributed by atoms with van der Waals surface area (Å²) in [5.74, 6) is 0.323. The van der Waals surface area contributed by atoms with Crippen molar-refractivity contribution >= 4 is 5.91 Å². The molecule has 0 saturated carbocycles. The molecule has 1 fully saturated rings. The summed E-state index contributed by atoms with van der Waals surface area (Å²) in [4.78, 5) is 13.7. The number of hydrogen-bond donors (Lipinski definition) is 2. The summed E-state index contributed by atoms with van der Waals surface area (Å²) < 4.78 is 5.22. The number of nitrogens with zero attached hydrogens (tertiary/aromatic N) is 1. The molecule has 0 aromatic carbocycles. The van der Waals surface area contributed by atoms with Gasteiger partial charge in [-0.1, -0.05) is 13.8 Å². The topological polar surface area (TPSA) is 75.8 Å². The van der Waals surface area contributed by atoms with E-state index in [1.165, 1.54) is 0 Å². The largest absolute Gasteiger partial charge is 0.394 e. The molecule has 0 bridgehead atoms. The van der Waals surface area contributed by atoms with Gasteiger partial charge < -0.3 is 20.5 Å². The molecular weight excluding hydrogens is 208 g/mol. The Kier molecular flexibility index (Phi) is 5.18. The smallest absolute Gasteiger partial charge is 0.239 e. The Morgan fingerprint density at radius 3 is 2.88 bits per heavy atom. The first kappa shape index (κ1) is 13.4. The number of amides is 1. The summed E-state index contributed by atoms with van der Waals surface area (Å²) in [6.07, 6.45) is 0.675. The highest BCUT2D eigenvalue weighted by Gasteiger charge is 2.30. The third kappa shape index (κ3) is 3.43. The minimum atomic E-state index is -0.466. The normalized spacial score (nSPS) is 23.6. The number of ether oxygens (including phenoxy) is 1. The van der Waals surface area contributed by atoms with Gasteiger partial charge in [-0.2, -0.15) is 0 Å². The molecule has 1 amide bonds. The molecule has 0 aromatic rings. The van der Waals surface area contributed by atoms with Gasteiger partial charge in [-0.3, -0.25) is 4.79 Å². The Bertz CT molecular complexity index is 233. The van der Waals surface area contributed by atoms with Crippen LogP contribution >= 0.6 is 0 Å². The number of carbonyl (C=O) groups excluding carboxylic acids is 1. The summed E-state index contributed by atoms with van der Waals surface area (Å²) in [7, 11) is 0. The number of aliphatic hydroxyl groups is 1. The molecule has 2 unspecified atom stereocenters. The van der Waals surface area contributed by atoms with Crippen LogP contribution in [0.5, 0.6) is 0 Å². The molecule has 0 spiro atoms. The van der Waals surface area contributed by atoms with Crippen molar-refractivity contribution < 1.29 is 14.6 Å². The molecule has 2 atom stereocenters. The Morgan fingerprint density at radius 2 is 2.31 bits per heavy atom. The molecule has 16 heavy (non-hydrogen) atoms. The van der Waals surface area contributed by atoms with Gasteiger partial charge in [0, 0.05) is 6.54 Å². The van der Waals surface area contributed by atoms with Crippen LogP contribution in [0.25, 0.3) is 0 Å². The number of rotatable bonds is 4. The van der Waals surface area contributed by atoms with Crippen molar-refractivity contribution in [3.8, 4) is 0 Å². The van der Waals surface area contributed by atoms with E-state index in [1.807, 2.05) is 13.8 Å². The van der Waals surface area contributed by atoms with Gasteiger partial charge in [0.25, 0.3) is 0 Å². The summed E-state index contributed by atoms with van der Waals surface area (Å²) in [5.41, 5.74) is 5.85. The van der Waals surface area contributed by atoms with Gasteiger partial charge in [0.2, 0.25) is 5.91 Å². The zero-order valence-corrected chi connectivity index (χ0v) is 10.1. The maximum absolute atomic E-state index is 12.0. The highest BCUT2D eigenvalue weighted by atomic mass is 16.5. The Morgan fingerprint density at radius 1 is 1.62 bits per heavy atom. The maximum Gasteiger partial charge on any atom is 0.239 e. The summed E-state index contributed by atoms with van der Waals surface area (Å²) in [6.45, 7) is 5.45. The van der Waals surface area contributed by atoms with Crippen LogP contribution in [-0.2, 0) is 9.53 Å². The van der Waals surface area contributed by atoms with Gasteiger partial charge in [0.05, 0.1) is 31.9 Å². The molecule has 3 N–H and O–H groups in total. The predicted molar refractivity (Wildman–Crippen MR) is 60.8 cm³/mol.